The van der Waals surface area contributed by atoms with Gasteiger partial charge in [0.1, 0.15) is 0 Å². The summed E-state index contributed by atoms with van der Waals surface area (Å²) in [6.07, 6.45) is 0. The number of anilines is 1. The molecule has 0 spiro atoms. The Morgan fingerprint density at radius 1 is 0.957 bits per heavy atom. The minimum atomic E-state index is -0.0300. The van der Waals surface area contributed by atoms with Crippen LogP contribution < -0.4 is 10.2 Å². The van der Waals surface area contributed by atoms with Crippen LogP contribution in [0.1, 0.15) is 5.56 Å². The van der Waals surface area contributed by atoms with Crippen LogP contribution in [0.15, 0.2) is 54.6 Å². The molecule has 0 aliphatic carbocycles. The number of halogens is 1. The van der Waals surface area contributed by atoms with E-state index in [4.69, 9.17) is 11.6 Å². The fourth-order valence-electron chi connectivity index (χ4n) is 2.73. The molecular formula is C18H20ClN3O. The van der Waals surface area contributed by atoms with Crippen LogP contribution in [0.4, 0.5) is 10.5 Å². The van der Waals surface area contributed by atoms with Crippen LogP contribution in [0.5, 0.6) is 0 Å². The lowest BCUT2D eigenvalue weighted by Crippen LogP contribution is -2.51. The molecule has 23 heavy (non-hydrogen) atoms. The number of carbonyl (C=O) groups is 1. The summed E-state index contributed by atoms with van der Waals surface area (Å²) in [4.78, 5) is 16.4. The Kier molecular flexibility index (Phi) is 5.03. The second-order valence-corrected chi connectivity index (χ2v) is 5.97. The molecule has 0 atom stereocenters. The average Bonchev–Trinajstić information content (AvgIpc) is 2.62. The Balaban J connectivity index is 1.50. The van der Waals surface area contributed by atoms with E-state index in [1.807, 2.05) is 47.4 Å². The minimum Gasteiger partial charge on any atom is -0.368 e. The predicted molar refractivity (Wildman–Crippen MR) is 93.9 cm³/mol. The van der Waals surface area contributed by atoms with Gasteiger partial charge >= 0.3 is 6.03 Å². The van der Waals surface area contributed by atoms with E-state index in [2.05, 4.69) is 22.3 Å². The van der Waals surface area contributed by atoms with Crippen molar-refractivity contribution in [2.45, 2.75) is 6.54 Å². The molecule has 3 rings (SSSR count). The summed E-state index contributed by atoms with van der Waals surface area (Å²) < 4.78 is 0. The molecule has 0 unspecified atom stereocenters. The second kappa shape index (κ2) is 7.38. The van der Waals surface area contributed by atoms with E-state index >= 15 is 0 Å². The van der Waals surface area contributed by atoms with Gasteiger partial charge in [0, 0.05) is 43.4 Å². The Morgan fingerprint density at radius 2 is 1.61 bits per heavy atom. The highest BCUT2D eigenvalue weighted by atomic mass is 35.5. The van der Waals surface area contributed by atoms with Crippen LogP contribution in [0.25, 0.3) is 0 Å². The number of hydrogen-bond donors (Lipinski definition) is 1. The summed E-state index contributed by atoms with van der Waals surface area (Å²) in [6, 6.07) is 17.8. The Morgan fingerprint density at radius 3 is 2.30 bits per heavy atom. The summed E-state index contributed by atoms with van der Waals surface area (Å²) in [5, 5.41) is 3.63. The SMILES string of the molecule is O=C(NCc1ccccc1Cl)N1CCN(c2ccccc2)CC1. The van der Waals surface area contributed by atoms with E-state index in [1.54, 1.807) is 0 Å². The van der Waals surface area contributed by atoms with Crippen molar-refractivity contribution >= 4 is 23.3 Å². The number of piperazine rings is 1. The van der Waals surface area contributed by atoms with Crippen LogP contribution in [-0.2, 0) is 6.54 Å². The van der Waals surface area contributed by atoms with Crippen molar-refractivity contribution in [1.29, 1.82) is 0 Å². The Bertz CT molecular complexity index is 654. The zero-order valence-corrected chi connectivity index (χ0v) is 13.7. The second-order valence-electron chi connectivity index (χ2n) is 5.56. The molecule has 2 aromatic rings. The first-order chi connectivity index (χ1) is 11.2. The van der Waals surface area contributed by atoms with Gasteiger partial charge in [-0.15, -0.1) is 0 Å². The van der Waals surface area contributed by atoms with Crippen molar-refractivity contribution in [1.82, 2.24) is 10.2 Å². The quantitative estimate of drug-likeness (QED) is 0.937. The van der Waals surface area contributed by atoms with Crippen molar-refractivity contribution in [2.75, 3.05) is 31.1 Å². The normalized spacial score (nSPS) is 14.7. The largest absolute Gasteiger partial charge is 0.368 e. The number of nitrogens with zero attached hydrogens (tertiary/aromatic N) is 2. The van der Waals surface area contributed by atoms with Gasteiger partial charge < -0.3 is 15.1 Å². The first-order valence-corrected chi connectivity index (χ1v) is 8.18. The number of carbonyl (C=O) groups excluding carboxylic acids is 1. The van der Waals surface area contributed by atoms with Crippen LogP contribution in [-0.4, -0.2) is 37.1 Å². The third-order valence-electron chi connectivity index (χ3n) is 4.08. The molecule has 0 aromatic heterocycles. The third kappa shape index (κ3) is 3.96. The van der Waals surface area contributed by atoms with Gasteiger partial charge in [0.15, 0.2) is 0 Å². The Labute approximate surface area is 141 Å². The fourth-order valence-corrected chi connectivity index (χ4v) is 2.93. The fraction of sp³-hybridized carbons (Fsp3) is 0.278. The summed E-state index contributed by atoms with van der Waals surface area (Å²) in [7, 11) is 0. The first kappa shape index (κ1) is 15.7. The summed E-state index contributed by atoms with van der Waals surface area (Å²) in [5.74, 6) is 0. The lowest BCUT2D eigenvalue weighted by atomic mass is 10.2. The van der Waals surface area contributed by atoms with E-state index in [0.717, 1.165) is 31.7 Å². The van der Waals surface area contributed by atoms with E-state index in [9.17, 15) is 4.79 Å². The van der Waals surface area contributed by atoms with Gasteiger partial charge in [0.25, 0.3) is 0 Å². The van der Waals surface area contributed by atoms with Gasteiger partial charge in [0.05, 0.1) is 0 Å². The maximum Gasteiger partial charge on any atom is 0.317 e. The molecule has 1 N–H and O–H groups in total. The zero-order valence-electron chi connectivity index (χ0n) is 12.9. The monoisotopic (exact) mass is 329 g/mol. The molecule has 2 aromatic carbocycles. The number of para-hydroxylation sites is 1. The van der Waals surface area contributed by atoms with Crippen LogP contribution in [0.2, 0.25) is 5.02 Å². The van der Waals surface area contributed by atoms with Gasteiger partial charge in [-0.3, -0.25) is 0 Å². The molecule has 0 bridgehead atoms. The molecule has 1 aliphatic rings. The van der Waals surface area contributed by atoms with Crippen LogP contribution >= 0.6 is 11.6 Å². The molecule has 0 saturated carbocycles. The molecule has 2 amide bonds. The maximum absolute atomic E-state index is 12.3. The Hall–Kier alpha value is -2.20. The highest BCUT2D eigenvalue weighted by Gasteiger charge is 2.21. The molecule has 120 valence electrons. The number of benzene rings is 2. The standard InChI is InChI=1S/C18H20ClN3O/c19-17-9-5-4-6-15(17)14-20-18(23)22-12-10-21(11-13-22)16-7-2-1-3-8-16/h1-9H,10-14H2,(H,20,23). The third-order valence-corrected chi connectivity index (χ3v) is 4.44. The number of amides is 2. The molecule has 1 aliphatic heterocycles. The van der Waals surface area contributed by atoms with Crippen molar-refractivity contribution in [2.24, 2.45) is 0 Å². The number of urea groups is 1. The van der Waals surface area contributed by atoms with Gasteiger partial charge in [-0.1, -0.05) is 48.0 Å². The summed E-state index contributed by atoms with van der Waals surface area (Å²) in [6.45, 7) is 3.61. The van der Waals surface area contributed by atoms with Crippen LogP contribution in [0.3, 0.4) is 0 Å². The molecule has 1 heterocycles. The van der Waals surface area contributed by atoms with E-state index < -0.39 is 0 Å². The van der Waals surface area contributed by atoms with Crippen molar-refractivity contribution in [3.8, 4) is 0 Å². The first-order valence-electron chi connectivity index (χ1n) is 7.80. The zero-order chi connectivity index (χ0) is 16.1. The molecule has 5 heteroatoms. The highest BCUT2D eigenvalue weighted by Crippen LogP contribution is 2.16. The topological polar surface area (TPSA) is 35.6 Å². The van der Waals surface area contributed by atoms with E-state index in [1.165, 1.54) is 5.69 Å². The average molecular weight is 330 g/mol. The molecule has 0 radical (unpaired) electrons. The van der Waals surface area contributed by atoms with Crippen molar-refractivity contribution in [3.05, 3.63) is 65.2 Å². The summed E-state index contributed by atoms with van der Waals surface area (Å²) >= 11 is 6.11. The lowest BCUT2D eigenvalue weighted by molar-refractivity contribution is 0.194. The van der Waals surface area contributed by atoms with Gasteiger partial charge in [0.2, 0.25) is 0 Å². The molecule has 1 fully saturated rings. The number of nitrogens with one attached hydrogen (secondary N) is 1. The van der Waals surface area contributed by atoms with E-state index in [-0.39, 0.29) is 6.03 Å². The van der Waals surface area contributed by atoms with Gasteiger partial charge in [-0.05, 0) is 23.8 Å². The van der Waals surface area contributed by atoms with Crippen molar-refractivity contribution < 1.29 is 4.79 Å². The van der Waals surface area contributed by atoms with Gasteiger partial charge in [-0.25, -0.2) is 4.79 Å². The molecule has 1 saturated heterocycles. The minimum absolute atomic E-state index is 0.0300. The highest BCUT2D eigenvalue weighted by molar-refractivity contribution is 6.31. The van der Waals surface area contributed by atoms with E-state index in [0.29, 0.717) is 11.6 Å². The molecule has 4 nitrogen and oxygen atoms in total. The van der Waals surface area contributed by atoms with Crippen LogP contribution in [0, 0.1) is 0 Å². The van der Waals surface area contributed by atoms with Crippen molar-refractivity contribution in [3.63, 3.8) is 0 Å². The predicted octanol–water partition coefficient (Wildman–Crippen LogP) is 3.37. The lowest BCUT2D eigenvalue weighted by Gasteiger charge is -2.36. The molecular weight excluding hydrogens is 310 g/mol. The number of hydrogen-bond acceptors (Lipinski definition) is 2. The number of rotatable bonds is 3. The van der Waals surface area contributed by atoms with Gasteiger partial charge in [-0.2, -0.15) is 0 Å². The summed E-state index contributed by atoms with van der Waals surface area (Å²) in [5.41, 5.74) is 2.15. The smallest absolute Gasteiger partial charge is 0.317 e. The maximum atomic E-state index is 12.3.